The SMILES string of the molecule is CSCCC(N)C(=O)NC(CC(C)C)C(=O)NC(CCC(N)=O)C(=O)NC(CCCCN)C(=O)O. The predicted molar refractivity (Wildman–Crippen MR) is 135 cm³/mol. The quantitative estimate of drug-likeness (QED) is 0.105. The van der Waals surface area contributed by atoms with Crippen molar-refractivity contribution in [3.8, 4) is 0 Å². The summed E-state index contributed by atoms with van der Waals surface area (Å²) < 4.78 is 0. The lowest BCUT2D eigenvalue weighted by molar-refractivity contribution is -0.142. The van der Waals surface area contributed by atoms with Crippen molar-refractivity contribution < 1.29 is 29.1 Å². The molecule has 202 valence electrons. The Balaban J connectivity index is 5.49. The monoisotopic (exact) mass is 518 g/mol. The summed E-state index contributed by atoms with van der Waals surface area (Å²) in [6.07, 6.45) is 3.53. The molecular formula is C22H42N6O6S. The van der Waals surface area contributed by atoms with E-state index in [1.807, 2.05) is 20.1 Å². The molecule has 0 spiro atoms. The minimum atomic E-state index is -1.22. The highest BCUT2D eigenvalue weighted by molar-refractivity contribution is 7.98. The molecule has 0 heterocycles. The van der Waals surface area contributed by atoms with E-state index in [0.29, 0.717) is 31.6 Å². The molecule has 0 saturated heterocycles. The van der Waals surface area contributed by atoms with E-state index < -0.39 is 53.8 Å². The number of carbonyl (C=O) groups is 5. The lowest BCUT2D eigenvalue weighted by Gasteiger charge is -2.26. The van der Waals surface area contributed by atoms with Crippen molar-refractivity contribution in [1.29, 1.82) is 0 Å². The molecule has 0 aromatic carbocycles. The summed E-state index contributed by atoms with van der Waals surface area (Å²) in [5, 5.41) is 17.0. The lowest BCUT2D eigenvalue weighted by atomic mass is 10.0. The standard InChI is InChI=1S/C22H42N6O6S/c1-13(2)12-17(28-19(30)14(24)9-11-35-3)21(32)26-15(7-8-18(25)29)20(31)27-16(22(33)34)6-4-5-10-23/h13-17H,4-12,23-24H2,1-3H3,(H2,25,29)(H,26,32)(H,27,31)(H,28,30)(H,33,34). The van der Waals surface area contributed by atoms with E-state index in [-0.39, 0.29) is 31.6 Å². The molecule has 0 fully saturated rings. The zero-order valence-electron chi connectivity index (χ0n) is 20.9. The average molecular weight is 519 g/mol. The minimum absolute atomic E-state index is 0.0327. The Hall–Kier alpha value is -2.38. The second-order valence-corrected chi connectivity index (χ2v) is 9.81. The van der Waals surface area contributed by atoms with Crippen molar-refractivity contribution in [2.75, 3.05) is 18.6 Å². The number of carboxylic acids is 1. The van der Waals surface area contributed by atoms with Gasteiger partial charge >= 0.3 is 5.97 Å². The van der Waals surface area contributed by atoms with Gasteiger partial charge in [0, 0.05) is 6.42 Å². The molecule has 4 atom stereocenters. The van der Waals surface area contributed by atoms with E-state index >= 15 is 0 Å². The Labute approximate surface area is 211 Å². The fraction of sp³-hybridized carbons (Fsp3) is 0.773. The number of thioether (sulfide) groups is 1. The van der Waals surface area contributed by atoms with E-state index in [1.165, 1.54) is 0 Å². The molecular weight excluding hydrogens is 476 g/mol. The first-order chi connectivity index (χ1) is 16.4. The molecule has 0 aromatic heterocycles. The second kappa shape index (κ2) is 18.0. The summed E-state index contributed by atoms with van der Waals surface area (Å²) in [6, 6.07) is -4.15. The van der Waals surface area contributed by atoms with Gasteiger partial charge in [-0.05, 0) is 63.0 Å². The van der Waals surface area contributed by atoms with Gasteiger partial charge in [-0.2, -0.15) is 11.8 Å². The highest BCUT2D eigenvalue weighted by Gasteiger charge is 2.30. The highest BCUT2D eigenvalue weighted by atomic mass is 32.2. The first-order valence-electron chi connectivity index (χ1n) is 11.8. The van der Waals surface area contributed by atoms with Crippen LogP contribution in [-0.2, 0) is 24.0 Å². The van der Waals surface area contributed by atoms with Gasteiger partial charge in [0.15, 0.2) is 0 Å². The van der Waals surface area contributed by atoms with Crippen LogP contribution in [0.25, 0.3) is 0 Å². The third-order valence-electron chi connectivity index (χ3n) is 5.18. The number of hydrogen-bond donors (Lipinski definition) is 7. The van der Waals surface area contributed by atoms with Crippen molar-refractivity contribution in [1.82, 2.24) is 16.0 Å². The lowest BCUT2D eigenvalue weighted by Crippen LogP contribution is -2.57. The number of carboxylic acid groups (broad SMARTS) is 1. The summed E-state index contributed by atoms with van der Waals surface area (Å²) in [6.45, 7) is 4.13. The van der Waals surface area contributed by atoms with Crippen molar-refractivity contribution in [3.05, 3.63) is 0 Å². The summed E-state index contributed by atoms with van der Waals surface area (Å²) in [5.41, 5.74) is 16.6. The van der Waals surface area contributed by atoms with Gasteiger partial charge in [0.2, 0.25) is 23.6 Å². The van der Waals surface area contributed by atoms with E-state index in [9.17, 15) is 29.1 Å². The normalized spacial score (nSPS) is 14.5. The van der Waals surface area contributed by atoms with Crippen LogP contribution in [0, 0.1) is 5.92 Å². The van der Waals surface area contributed by atoms with Crippen LogP contribution < -0.4 is 33.2 Å². The number of unbranched alkanes of at least 4 members (excludes halogenated alkanes) is 1. The number of nitrogens with two attached hydrogens (primary N) is 3. The molecule has 4 unspecified atom stereocenters. The van der Waals surface area contributed by atoms with Crippen molar-refractivity contribution >= 4 is 41.4 Å². The molecule has 35 heavy (non-hydrogen) atoms. The van der Waals surface area contributed by atoms with Crippen LogP contribution in [0.4, 0.5) is 0 Å². The van der Waals surface area contributed by atoms with Gasteiger partial charge in [0.1, 0.15) is 18.1 Å². The summed E-state index contributed by atoms with van der Waals surface area (Å²) in [5.74, 6) is -3.06. The van der Waals surface area contributed by atoms with Crippen LogP contribution in [0.1, 0.15) is 58.8 Å². The van der Waals surface area contributed by atoms with Gasteiger partial charge < -0.3 is 38.3 Å². The summed E-state index contributed by atoms with van der Waals surface area (Å²) in [4.78, 5) is 61.2. The molecule has 10 N–H and O–H groups in total. The number of amides is 4. The van der Waals surface area contributed by atoms with Crippen molar-refractivity contribution in [3.63, 3.8) is 0 Å². The predicted octanol–water partition coefficient (Wildman–Crippen LogP) is -0.954. The number of carbonyl (C=O) groups excluding carboxylic acids is 4. The Morgan fingerprint density at radius 3 is 1.94 bits per heavy atom. The number of rotatable bonds is 19. The number of hydrogen-bond acceptors (Lipinski definition) is 8. The molecule has 0 saturated carbocycles. The van der Waals surface area contributed by atoms with Crippen molar-refractivity contribution in [2.24, 2.45) is 23.1 Å². The van der Waals surface area contributed by atoms with Crippen LogP contribution in [0.15, 0.2) is 0 Å². The third-order valence-corrected chi connectivity index (χ3v) is 5.83. The Kier molecular flexibility index (Phi) is 16.7. The van der Waals surface area contributed by atoms with Crippen LogP contribution in [-0.4, -0.2) is 77.4 Å². The maximum atomic E-state index is 13.0. The summed E-state index contributed by atoms with van der Waals surface area (Å²) in [7, 11) is 0. The fourth-order valence-corrected chi connectivity index (χ4v) is 3.70. The Morgan fingerprint density at radius 1 is 0.857 bits per heavy atom. The van der Waals surface area contributed by atoms with Crippen LogP contribution in [0.5, 0.6) is 0 Å². The smallest absolute Gasteiger partial charge is 0.326 e. The molecule has 0 radical (unpaired) electrons. The number of primary amides is 1. The maximum absolute atomic E-state index is 13.0. The average Bonchev–Trinajstić information content (AvgIpc) is 2.78. The molecule has 4 amide bonds. The number of nitrogens with one attached hydrogen (secondary N) is 3. The zero-order valence-corrected chi connectivity index (χ0v) is 21.7. The molecule has 0 bridgehead atoms. The van der Waals surface area contributed by atoms with Crippen LogP contribution >= 0.6 is 11.8 Å². The number of aliphatic carboxylic acids is 1. The second-order valence-electron chi connectivity index (χ2n) is 8.83. The summed E-state index contributed by atoms with van der Waals surface area (Å²) >= 11 is 1.55. The van der Waals surface area contributed by atoms with Gasteiger partial charge in [-0.15, -0.1) is 0 Å². The molecule has 0 aliphatic rings. The van der Waals surface area contributed by atoms with Crippen LogP contribution in [0.3, 0.4) is 0 Å². The van der Waals surface area contributed by atoms with E-state index in [2.05, 4.69) is 16.0 Å². The zero-order chi connectivity index (χ0) is 27.0. The van der Waals surface area contributed by atoms with E-state index in [4.69, 9.17) is 17.2 Å². The Morgan fingerprint density at radius 2 is 1.43 bits per heavy atom. The van der Waals surface area contributed by atoms with Gasteiger partial charge in [-0.1, -0.05) is 13.8 Å². The molecule has 0 aromatic rings. The first-order valence-corrected chi connectivity index (χ1v) is 13.2. The molecule has 0 aliphatic heterocycles. The Bertz CT molecular complexity index is 708. The van der Waals surface area contributed by atoms with Gasteiger partial charge in [-0.25, -0.2) is 4.79 Å². The third kappa shape index (κ3) is 14.6. The molecule has 12 nitrogen and oxygen atoms in total. The first kappa shape index (κ1) is 32.6. The fourth-order valence-electron chi connectivity index (χ4n) is 3.21. The minimum Gasteiger partial charge on any atom is -0.480 e. The van der Waals surface area contributed by atoms with Crippen molar-refractivity contribution in [2.45, 2.75) is 83.0 Å². The van der Waals surface area contributed by atoms with Gasteiger partial charge in [0.25, 0.3) is 0 Å². The van der Waals surface area contributed by atoms with E-state index in [0.717, 1.165) is 0 Å². The maximum Gasteiger partial charge on any atom is 0.326 e. The topological polar surface area (TPSA) is 220 Å². The molecule has 0 aliphatic carbocycles. The van der Waals surface area contributed by atoms with E-state index in [1.54, 1.807) is 11.8 Å². The van der Waals surface area contributed by atoms with Crippen LogP contribution in [0.2, 0.25) is 0 Å². The molecule has 13 heteroatoms. The largest absolute Gasteiger partial charge is 0.480 e. The van der Waals surface area contributed by atoms with Gasteiger partial charge in [0.05, 0.1) is 6.04 Å². The van der Waals surface area contributed by atoms with Gasteiger partial charge in [-0.3, -0.25) is 19.2 Å². The highest BCUT2D eigenvalue weighted by Crippen LogP contribution is 2.09. The molecule has 0 rings (SSSR count).